The van der Waals surface area contributed by atoms with Gasteiger partial charge in [-0.3, -0.25) is 9.59 Å². The van der Waals surface area contributed by atoms with Crippen LogP contribution in [0.4, 0.5) is 10.1 Å². The van der Waals surface area contributed by atoms with E-state index < -0.39 is 23.8 Å². The first-order valence-corrected chi connectivity index (χ1v) is 9.06. The molecule has 8 heteroatoms. The molecular weight excluding hydrogens is 381 g/mol. The molecule has 1 saturated carbocycles. The van der Waals surface area contributed by atoms with E-state index in [1.807, 2.05) is 0 Å². The second kappa shape index (κ2) is 9.18. The summed E-state index contributed by atoms with van der Waals surface area (Å²) in [5, 5.41) is 2.57. The van der Waals surface area contributed by atoms with Gasteiger partial charge in [-0.05, 0) is 55.3 Å². The highest BCUT2D eigenvalue weighted by atomic mass is 19.1. The first-order valence-electron chi connectivity index (χ1n) is 9.06. The van der Waals surface area contributed by atoms with E-state index in [9.17, 15) is 18.8 Å². The molecule has 0 saturated heterocycles. The van der Waals surface area contributed by atoms with Gasteiger partial charge in [-0.2, -0.15) is 0 Å². The highest BCUT2D eigenvalue weighted by Crippen LogP contribution is 2.29. The lowest BCUT2D eigenvalue weighted by atomic mass is 10.2. The number of Topliss-reactive ketones (excluding diaryl/α,β-unsaturated/α-hetero) is 1. The molecule has 2 aromatic rings. The Labute approximate surface area is 166 Å². The van der Waals surface area contributed by atoms with Gasteiger partial charge in [0.15, 0.2) is 30.0 Å². The zero-order valence-electron chi connectivity index (χ0n) is 15.8. The number of ether oxygens (including phenoxy) is 3. The third kappa shape index (κ3) is 5.31. The summed E-state index contributed by atoms with van der Waals surface area (Å²) in [4.78, 5) is 35.9. The number of amides is 1. The predicted molar refractivity (Wildman–Crippen MR) is 102 cm³/mol. The molecule has 0 aromatic heterocycles. The van der Waals surface area contributed by atoms with E-state index in [0.29, 0.717) is 24.9 Å². The molecule has 1 atom stereocenters. The molecule has 2 aromatic carbocycles. The summed E-state index contributed by atoms with van der Waals surface area (Å²) in [6.45, 7) is -0.311. The zero-order valence-corrected chi connectivity index (χ0v) is 15.8. The van der Waals surface area contributed by atoms with E-state index in [0.717, 1.165) is 0 Å². The van der Waals surface area contributed by atoms with Crippen LogP contribution in [-0.2, 0) is 14.3 Å². The molecule has 1 amide bonds. The Morgan fingerprint density at radius 2 is 1.90 bits per heavy atom. The van der Waals surface area contributed by atoms with Gasteiger partial charge in [0.2, 0.25) is 0 Å². The average Bonchev–Trinajstić information content (AvgIpc) is 3.12. The summed E-state index contributed by atoms with van der Waals surface area (Å²) in [5.74, 6) is -1.04. The molecule has 152 valence electrons. The Bertz CT molecular complexity index is 912. The molecule has 1 aliphatic rings. The number of carbonyl (C=O) groups is 3. The fourth-order valence-corrected chi connectivity index (χ4v) is 2.89. The Hall–Kier alpha value is -3.42. The van der Waals surface area contributed by atoms with Crippen LogP contribution in [0.25, 0.3) is 0 Å². The van der Waals surface area contributed by atoms with Crippen LogP contribution in [0.1, 0.15) is 29.6 Å². The monoisotopic (exact) mass is 401 g/mol. The van der Waals surface area contributed by atoms with E-state index in [4.69, 9.17) is 14.2 Å². The number of esters is 1. The first-order chi connectivity index (χ1) is 14.0. The Morgan fingerprint density at radius 3 is 2.55 bits per heavy atom. The number of nitrogens with one attached hydrogen (secondary N) is 1. The molecule has 0 bridgehead atoms. The van der Waals surface area contributed by atoms with Crippen molar-refractivity contribution in [2.75, 3.05) is 19.0 Å². The summed E-state index contributed by atoms with van der Waals surface area (Å²) < 4.78 is 28.8. The normalized spacial score (nSPS) is 15.7. The SMILES string of the molecule is COc1cc(C(=O)O[C@H]2CCCC2=O)ccc1OCC(=O)Nc1ccc(F)cc1. The molecule has 1 N–H and O–H groups in total. The Morgan fingerprint density at radius 1 is 1.14 bits per heavy atom. The number of anilines is 1. The average molecular weight is 401 g/mol. The number of benzene rings is 2. The van der Waals surface area contributed by atoms with Crippen molar-refractivity contribution in [3.8, 4) is 11.5 Å². The van der Waals surface area contributed by atoms with Crippen LogP contribution in [-0.4, -0.2) is 37.5 Å². The molecule has 0 radical (unpaired) electrons. The van der Waals surface area contributed by atoms with Crippen LogP contribution in [0.3, 0.4) is 0 Å². The van der Waals surface area contributed by atoms with Crippen molar-refractivity contribution in [3.63, 3.8) is 0 Å². The van der Waals surface area contributed by atoms with E-state index in [1.165, 1.54) is 49.6 Å². The van der Waals surface area contributed by atoms with Gasteiger partial charge in [0.1, 0.15) is 5.82 Å². The quantitative estimate of drug-likeness (QED) is 0.717. The predicted octanol–water partition coefficient (Wildman–Crippen LogP) is 3.13. The van der Waals surface area contributed by atoms with Crippen LogP contribution in [0.2, 0.25) is 0 Å². The van der Waals surface area contributed by atoms with Gasteiger partial charge in [-0.25, -0.2) is 9.18 Å². The van der Waals surface area contributed by atoms with E-state index in [-0.39, 0.29) is 29.5 Å². The second-order valence-corrected chi connectivity index (χ2v) is 6.46. The number of hydrogen-bond acceptors (Lipinski definition) is 6. The number of carbonyl (C=O) groups excluding carboxylic acids is 3. The number of rotatable bonds is 7. The summed E-state index contributed by atoms with van der Waals surface area (Å²) in [7, 11) is 1.40. The fraction of sp³-hybridized carbons (Fsp3) is 0.286. The van der Waals surface area contributed by atoms with Gasteiger partial charge in [-0.1, -0.05) is 0 Å². The van der Waals surface area contributed by atoms with Crippen LogP contribution < -0.4 is 14.8 Å². The van der Waals surface area contributed by atoms with Crippen molar-refractivity contribution in [1.29, 1.82) is 0 Å². The van der Waals surface area contributed by atoms with Crippen LogP contribution >= 0.6 is 0 Å². The topological polar surface area (TPSA) is 90.9 Å². The maximum Gasteiger partial charge on any atom is 0.338 e. The molecule has 1 aliphatic carbocycles. The van der Waals surface area contributed by atoms with Gasteiger partial charge >= 0.3 is 5.97 Å². The number of methoxy groups -OCH3 is 1. The lowest BCUT2D eigenvalue weighted by Crippen LogP contribution is -2.22. The van der Waals surface area contributed by atoms with E-state index in [2.05, 4.69) is 5.32 Å². The zero-order chi connectivity index (χ0) is 20.8. The number of ketones is 1. The van der Waals surface area contributed by atoms with Crippen LogP contribution in [0, 0.1) is 5.82 Å². The van der Waals surface area contributed by atoms with Crippen molar-refractivity contribution >= 4 is 23.3 Å². The van der Waals surface area contributed by atoms with Crippen molar-refractivity contribution < 1.29 is 33.0 Å². The lowest BCUT2D eigenvalue weighted by Gasteiger charge is -2.13. The molecule has 3 rings (SSSR count). The molecule has 0 heterocycles. The Kier molecular flexibility index (Phi) is 6.43. The second-order valence-electron chi connectivity index (χ2n) is 6.46. The molecule has 0 aliphatic heterocycles. The minimum Gasteiger partial charge on any atom is -0.493 e. The molecule has 1 fully saturated rings. The van der Waals surface area contributed by atoms with E-state index in [1.54, 1.807) is 0 Å². The van der Waals surface area contributed by atoms with Crippen molar-refractivity contribution in [3.05, 3.63) is 53.8 Å². The summed E-state index contributed by atoms with van der Waals surface area (Å²) in [6, 6.07) is 9.71. The summed E-state index contributed by atoms with van der Waals surface area (Å²) >= 11 is 0. The third-order valence-corrected chi connectivity index (χ3v) is 4.38. The molecular formula is C21H20FNO6. The number of halogens is 1. The highest BCUT2D eigenvalue weighted by Gasteiger charge is 2.28. The van der Waals surface area contributed by atoms with Gasteiger partial charge in [0, 0.05) is 12.1 Å². The fourth-order valence-electron chi connectivity index (χ4n) is 2.89. The molecule has 0 spiro atoms. The smallest absolute Gasteiger partial charge is 0.338 e. The van der Waals surface area contributed by atoms with Crippen molar-refractivity contribution in [2.24, 2.45) is 0 Å². The maximum absolute atomic E-state index is 12.9. The van der Waals surface area contributed by atoms with Gasteiger partial charge in [0.25, 0.3) is 5.91 Å². The summed E-state index contributed by atoms with van der Waals surface area (Å²) in [6.07, 6.45) is 0.979. The Balaban J connectivity index is 1.59. The molecule has 7 nitrogen and oxygen atoms in total. The van der Waals surface area contributed by atoms with Crippen molar-refractivity contribution in [2.45, 2.75) is 25.4 Å². The van der Waals surface area contributed by atoms with Gasteiger partial charge in [-0.15, -0.1) is 0 Å². The van der Waals surface area contributed by atoms with Crippen LogP contribution in [0.5, 0.6) is 11.5 Å². The largest absolute Gasteiger partial charge is 0.493 e. The summed E-state index contributed by atoms with van der Waals surface area (Å²) in [5.41, 5.74) is 0.649. The first kappa shape index (κ1) is 20.3. The highest BCUT2D eigenvalue weighted by molar-refractivity contribution is 5.94. The minimum atomic E-state index is -0.695. The van der Waals surface area contributed by atoms with Crippen LogP contribution in [0.15, 0.2) is 42.5 Å². The molecule has 29 heavy (non-hydrogen) atoms. The third-order valence-electron chi connectivity index (χ3n) is 4.38. The number of hydrogen-bond donors (Lipinski definition) is 1. The van der Waals surface area contributed by atoms with Gasteiger partial charge in [0.05, 0.1) is 12.7 Å². The minimum absolute atomic E-state index is 0.0718. The standard InChI is InChI=1S/C21H20FNO6/c1-27-19-11-13(21(26)29-17-4-2-3-16(17)24)5-10-18(19)28-12-20(25)23-15-8-6-14(22)7-9-15/h5-11,17H,2-4,12H2,1H3,(H,23,25)/t17-/m0/s1. The molecule has 0 unspecified atom stereocenters. The van der Waals surface area contributed by atoms with E-state index >= 15 is 0 Å². The van der Waals surface area contributed by atoms with Crippen molar-refractivity contribution in [1.82, 2.24) is 0 Å². The lowest BCUT2D eigenvalue weighted by molar-refractivity contribution is -0.124. The maximum atomic E-state index is 12.9. The van der Waals surface area contributed by atoms with Gasteiger partial charge < -0.3 is 19.5 Å².